The smallest absolute Gasteiger partial charge is 0.256 e. The monoisotopic (exact) mass is 346 g/mol. The Bertz CT molecular complexity index is 869. The molecule has 0 fully saturated rings. The van der Waals surface area contributed by atoms with E-state index in [0.717, 1.165) is 23.1 Å². The number of carbonyl (C=O) groups excluding carboxylic acids is 1. The lowest BCUT2D eigenvalue weighted by Crippen LogP contribution is -2.26. The van der Waals surface area contributed by atoms with Crippen molar-refractivity contribution in [1.29, 1.82) is 0 Å². The van der Waals surface area contributed by atoms with E-state index in [0.29, 0.717) is 16.8 Å². The Hall–Kier alpha value is -2.34. The minimum atomic E-state index is -3.39. The molecule has 2 aromatic carbocycles. The lowest BCUT2D eigenvalue weighted by atomic mass is 10.0. The first kappa shape index (κ1) is 18.0. The van der Waals surface area contributed by atoms with Crippen LogP contribution in [0.3, 0.4) is 0 Å². The third-order valence-corrected chi connectivity index (χ3v) is 5.30. The fraction of sp³-hybridized carbons (Fsp3) is 0.278. The SMILES string of the molecule is Cc1cccc(C)c1NC(=O)c1cccc(N(C)S(C)(=O)=O)c1C. The number of nitrogens with one attached hydrogen (secondary N) is 1. The first-order valence-corrected chi connectivity index (χ1v) is 9.39. The number of sulfonamides is 1. The van der Waals surface area contributed by atoms with E-state index < -0.39 is 10.0 Å². The molecule has 128 valence electrons. The molecule has 0 aliphatic heterocycles. The predicted molar refractivity (Wildman–Crippen MR) is 98.3 cm³/mol. The molecule has 6 heteroatoms. The van der Waals surface area contributed by atoms with Gasteiger partial charge in [0.1, 0.15) is 0 Å². The molecule has 2 aromatic rings. The molecule has 24 heavy (non-hydrogen) atoms. The summed E-state index contributed by atoms with van der Waals surface area (Å²) in [5.41, 5.74) is 4.30. The van der Waals surface area contributed by atoms with Gasteiger partial charge in [-0.05, 0) is 49.6 Å². The van der Waals surface area contributed by atoms with Crippen LogP contribution in [0.4, 0.5) is 11.4 Å². The number of carbonyl (C=O) groups is 1. The highest BCUT2D eigenvalue weighted by Crippen LogP contribution is 2.26. The summed E-state index contributed by atoms with van der Waals surface area (Å²) in [6, 6.07) is 10.9. The van der Waals surface area contributed by atoms with Crippen LogP contribution in [-0.2, 0) is 10.0 Å². The third kappa shape index (κ3) is 3.59. The Morgan fingerprint density at radius 1 is 1.00 bits per heavy atom. The van der Waals surface area contributed by atoms with Crippen molar-refractivity contribution in [2.45, 2.75) is 20.8 Å². The highest BCUT2D eigenvalue weighted by Gasteiger charge is 2.19. The topological polar surface area (TPSA) is 66.5 Å². The van der Waals surface area contributed by atoms with Gasteiger partial charge in [0.15, 0.2) is 0 Å². The molecule has 1 amide bonds. The van der Waals surface area contributed by atoms with Crippen LogP contribution in [0.5, 0.6) is 0 Å². The molecule has 0 unspecified atom stereocenters. The minimum Gasteiger partial charge on any atom is -0.321 e. The molecule has 2 rings (SSSR count). The number of rotatable bonds is 4. The summed E-state index contributed by atoms with van der Waals surface area (Å²) in [7, 11) is -1.91. The lowest BCUT2D eigenvalue weighted by Gasteiger charge is -2.21. The van der Waals surface area contributed by atoms with Gasteiger partial charge >= 0.3 is 0 Å². The number of anilines is 2. The summed E-state index contributed by atoms with van der Waals surface area (Å²) in [5.74, 6) is -0.256. The standard InChI is InChI=1S/C18H22N2O3S/c1-12-8-6-9-13(2)17(12)19-18(21)15-10-7-11-16(14(15)3)20(4)24(5,22)23/h6-11H,1-5H3,(H,19,21). The van der Waals surface area contributed by atoms with E-state index in [1.54, 1.807) is 25.1 Å². The maximum Gasteiger partial charge on any atom is 0.256 e. The second kappa shape index (κ2) is 6.65. The van der Waals surface area contributed by atoms with Gasteiger partial charge in [0.05, 0.1) is 11.9 Å². The van der Waals surface area contributed by atoms with Crippen LogP contribution in [0.25, 0.3) is 0 Å². The van der Waals surface area contributed by atoms with Gasteiger partial charge in [0.25, 0.3) is 5.91 Å². The zero-order valence-electron chi connectivity index (χ0n) is 14.5. The number of nitrogens with zero attached hydrogens (tertiary/aromatic N) is 1. The highest BCUT2D eigenvalue weighted by molar-refractivity contribution is 7.92. The summed E-state index contributed by atoms with van der Waals surface area (Å²) < 4.78 is 24.7. The predicted octanol–water partition coefficient (Wildman–Crippen LogP) is 3.26. The summed E-state index contributed by atoms with van der Waals surface area (Å²) in [5, 5.41) is 2.93. The van der Waals surface area contributed by atoms with Crippen molar-refractivity contribution in [3.8, 4) is 0 Å². The molecule has 0 heterocycles. The molecule has 0 saturated heterocycles. The Morgan fingerprint density at radius 2 is 1.54 bits per heavy atom. The van der Waals surface area contributed by atoms with Crippen LogP contribution < -0.4 is 9.62 Å². The molecule has 0 radical (unpaired) electrons. The number of benzene rings is 2. The van der Waals surface area contributed by atoms with E-state index in [1.807, 2.05) is 32.0 Å². The van der Waals surface area contributed by atoms with Crippen molar-refractivity contribution < 1.29 is 13.2 Å². The number of para-hydroxylation sites is 1. The van der Waals surface area contributed by atoms with E-state index >= 15 is 0 Å². The molecular weight excluding hydrogens is 324 g/mol. The average molecular weight is 346 g/mol. The van der Waals surface area contributed by atoms with E-state index in [1.165, 1.54) is 11.4 Å². The molecule has 1 N–H and O–H groups in total. The van der Waals surface area contributed by atoms with Gasteiger partial charge in [-0.1, -0.05) is 24.3 Å². The van der Waals surface area contributed by atoms with Crippen molar-refractivity contribution in [2.24, 2.45) is 0 Å². The molecule has 5 nitrogen and oxygen atoms in total. The molecule has 0 aromatic heterocycles. The largest absolute Gasteiger partial charge is 0.321 e. The highest BCUT2D eigenvalue weighted by atomic mass is 32.2. The summed E-state index contributed by atoms with van der Waals surface area (Å²) in [4.78, 5) is 12.7. The van der Waals surface area contributed by atoms with Crippen LogP contribution in [0.1, 0.15) is 27.0 Å². The molecule has 0 spiro atoms. The zero-order chi connectivity index (χ0) is 18.1. The second-order valence-electron chi connectivity index (χ2n) is 5.90. The molecule has 0 bridgehead atoms. The zero-order valence-corrected chi connectivity index (χ0v) is 15.4. The van der Waals surface area contributed by atoms with E-state index in [4.69, 9.17) is 0 Å². The fourth-order valence-corrected chi connectivity index (χ4v) is 3.14. The Kier molecular flexibility index (Phi) is 4.99. The third-order valence-electron chi connectivity index (χ3n) is 4.11. The molecule has 0 aliphatic rings. The van der Waals surface area contributed by atoms with Gasteiger partial charge in [-0.3, -0.25) is 9.10 Å². The first-order chi connectivity index (χ1) is 11.1. The molecule has 0 saturated carbocycles. The quantitative estimate of drug-likeness (QED) is 0.924. The van der Waals surface area contributed by atoms with Crippen molar-refractivity contribution in [3.05, 3.63) is 58.7 Å². The van der Waals surface area contributed by atoms with Crippen LogP contribution >= 0.6 is 0 Å². The van der Waals surface area contributed by atoms with Crippen molar-refractivity contribution in [3.63, 3.8) is 0 Å². The van der Waals surface area contributed by atoms with E-state index in [-0.39, 0.29) is 5.91 Å². The van der Waals surface area contributed by atoms with Crippen LogP contribution in [0, 0.1) is 20.8 Å². The van der Waals surface area contributed by atoms with Gasteiger partial charge in [0.2, 0.25) is 10.0 Å². The number of hydrogen-bond donors (Lipinski definition) is 1. The summed E-state index contributed by atoms with van der Waals surface area (Å²) >= 11 is 0. The second-order valence-corrected chi connectivity index (χ2v) is 7.91. The minimum absolute atomic E-state index is 0.256. The Morgan fingerprint density at radius 3 is 2.08 bits per heavy atom. The molecule has 0 aliphatic carbocycles. The van der Waals surface area contributed by atoms with Gasteiger partial charge < -0.3 is 5.32 Å². The van der Waals surface area contributed by atoms with Gasteiger partial charge in [-0.2, -0.15) is 0 Å². The van der Waals surface area contributed by atoms with Crippen molar-refractivity contribution in [2.75, 3.05) is 22.9 Å². The lowest BCUT2D eigenvalue weighted by molar-refractivity contribution is 0.102. The van der Waals surface area contributed by atoms with Gasteiger partial charge in [0, 0.05) is 18.3 Å². The summed E-state index contributed by atoms with van der Waals surface area (Å²) in [6.45, 7) is 5.61. The van der Waals surface area contributed by atoms with Crippen LogP contribution in [0.15, 0.2) is 36.4 Å². The Labute approximate surface area is 143 Å². The number of amides is 1. The number of hydrogen-bond acceptors (Lipinski definition) is 3. The fourth-order valence-electron chi connectivity index (χ4n) is 2.58. The Balaban J connectivity index is 2.41. The average Bonchev–Trinajstić information content (AvgIpc) is 2.49. The van der Waals surface area contributed by atoms with Gasteiger partial charge in [-0.25, -0.2) is 8.42 Å². The normalized spacial score (nSPS) is 11.2. The first-order valence-electron chi connectivity index (χ1n) is 7.54. The maximum absolute atomic E-state index is 12.7. The summed E-state index contributed by atoms with van der Waals surface area (Å²) in [6.07, 6.45) is 1.13. The molecule has 0 atom stereocenters. The number of aryl methyl sites for hydroxylation is 2. The maximum atomic E-state index is 12.7. The van der Waals surface area contributed by atoms with Crippen molar-refractivity contribution in [1.82, 2.24) is 0 Å². The van der Waals surface area contributed by atoms with Crippen molar-refractivity contribution >= 4 is 27.3 Å². The van der Waals surface area contributed by atoms with E-state index in [2.05, 4.69) is 5.32 Å². The van der Waals surface area contributed by atoms with Crippen LogP contribution in [-0.4, -0.2) is 27.6 Å². The van der Waals surface area contributed by atoms with E-state index in [9.17, 15) is 13.2 Å². The van der Waals surface area contributed by atoms with Crippen LogP contribution in [0.2, 0.25) is 0 Å². The molecular formula is C18H22N2O3S. The van der Waals surface area contributed by atoms with Gasteiger partial charge in [-0.15, -0.1) is 0 Å².